The average molecular weight is 318 g/mol. The van der Waals surface area contributed by atoms with E-state index in [-0.39, 0.29) is 0 Å². The van der Waals surface area contributed by atoms with Gasteiger partial charge in [-0.15, -0.1) is 0 Å². The quantitative estimate of drug-likeness (QED) is 0.658. The standard InChI is InChI=1S/C21H35NO/c1-5-23-15-14-22-20(16-17(2)3)21(12-6-7-13-21)19-10-8-18(4)9-11-19/h8-11,17,20,22H,5-7,12-16H2,1-4H3. The zero-order valence-corrected chi connectivity index (χ0v) is 15.5. The van der Waals surface area contributed by atoms with Gasteiger partial charge in [-0.2, -0.15) is 0 Å². The van der Waals surface area contributed by atoms with E-state index < -0.39 is 0 Å². The predicted molar refractivity (Wildman–Crippen MR) is 99.1 cm³/mol. The second-order valence-corrected chi connectivity index (χ2v) is 7.56. The van der Waals surface area contributed by atoms with E-state index in [0.717, 1.165) is 19.8 Å². The van der Waals surface area contributed by atoms with Crippen LogP contribution in [-0.2, 0) is 10.2 Å². The Hall–Kier alpha value is -0.860. The van der Waals surface area contributed by atoms with Crippen molar-refractivity contribution >= 4 is 0 Å². The Bertz CT molecular complexity index is 445. The van der Waals surface area contributed by atoms with Crippen molar-refractivity contribution in [2.45, 2.75) is 71.3 Å². The van der Waals surface area contributed by atoms with Gasteiger partial charge in [-0.25, -0.2) is 0 Å². The van der Waals surface area contributed by atoms with Crippen molar-refractivity contribution in [1.82, 2.24) is 5.32 Å². The van der Waals surface area contributed by atoms with Crippen molar-refractivity contribution in [1.29, 1.82) is 0 Å². The van der Waals surface area contributed by atoms with Crippen molar-refractivity contribution in [3.63, 3.8) is 0 Å². The van der Waals surface area contributed by atoms with Crippen molar-refractivity contribution in [3.05, 3.63) is 35.4 Å². The van der Waals surface area contributed by atoms with E-state index in [9.17, 15) is 0 Å². The van der Waals surface area contributed by atoms with Crippen LogP contribution in [0.4, 0.5) is 0 Å². The Morgan fingerprint density at radius 3 is 2.35 bits per heavy atom. The molecule has 0 amide bonds. The van der Waals surface area contributed by atoms with Gasteiger partial charge in [-0.1, -0.05) is 56.5 Å². The van der Waals surface area contributed by atoms with Gasteiger partial charge in [0.1, 0.15) is 0 Å². The molecule has 1 aromatic rings. The van der Waals surface area contributed by atoms with Gasteiger partial charge in [0.05, 0.1) is 6.61 Å². The maximum absolute atomic E-state index is 5.54. The second kappa shape index (κ2) is 8.84. The van der Waals surface area contributed by atoms with Crippen molar-refractivity contribution < 1.29 is 4.74 Å². The molecule has 0 aliphatic heterocycles. The number of hydrogen-bond acceptors (Lipinski definition) is 2. The molecule has 1 N–H and O–H groups in total. The van der Waals surface area contributed by atoms with Gasteiger partial charge in [0, 0.05) is 24.6 Å². The maximum atomic E-state index is 5.54. The SMILES string of the molecule is CCOCCNC(CC(C)C)C1(c2ccc(C)cc2)CCCC1. The summed E-state index contributed by atoms with van der Waals surface area (Å²) >= 11 is 0. The normalized spacial score (nSPS) is 18.5. The van der Waals surface area contributed by atoms with Crippen LogP contribution >= 0.6 is 0 Å². The fourth-order valence-corrected chi connectivity index (χ4v) is 4.16. The molecule has 0 bridgehead atoms. The number of ether oxygens (including phenoxy) is 1. The first-order valence-electron chi connectivity index (χ1n) is 9.47. The Balaban J connectivity index is 2.20. The summed E-state index contributed by atoms with van der Waals surface area (Å²) in [6.45, 7) is 11.5. The smallest absolute Gasteiger partial charge is 0.0590 e. The van der Waals surface area contributed by atoms with Crippen LogP contribution in [0, 0.1) is 12.8 Å². The summed E-state index contributed by atoms with van der Waals surface area (Å²) in [6, 6.07) is 9.86. The van der Waals surface area contributed by atoms with Gasteiger partial charge in [0.2, 0.25) is 0 Å². The van der Waals surface area contributed by atoms with E-state index in [1.54, 1.807) is 0 Å². The number of hydrogen-bond donors (Lipinski definition) is 1. The monoisotopic (exact) mass is 317 g/mol. The first-order chi connectivity index (χ1) is 11.1. The first-order valence-corrected chi connectivity index (χ1v) is 9.47. The molecular formula is C21H35NO. The number of aryl methyl sites for hydroxylation is 1. The summed E-state index contributed by atoms with van der Waals surface area (Å²) in [5, 5.41) is 3.86. The molecule has 2 rings (SSSR count). The van der Waals surface area contributed by atoms with Crippen molar-refractivity contribution in [3.8, 4) is 0 Å². The predicted octanol–water partition coefficient (Wildman–Crippen LogP) is 4.85. The number of rotatable bonds is 9. The Morgan fingerprint density at radius 1 is 1.13 bits per heavy atom. The summed E-state index contributed by atoms with van der Waals surface area (Å²) in [5.41, 5.74) is 3.20. The molecule has 1 aliphatic carbocycles. The highest BCUT2D eigenvalue weighted by Crippen LogP contribution is 2.45. The van der Waals surface area contributed by atoms with Gasteiger partial charge in [0.15, 0.2) is 0 Å². The molecule has 1 saturated carbocycles. The lowest BCUT2D eigenvalue weighted by atomic mass is 9.70. The molecular weight excluding hydrogens is 282 g/mol. The molecule has 0 heterocycles. The van der Waals surface area contributed by atoms with Gasteiger partial charge in [-0.05, 0) is 44.6 Å². The summed E-state index contributed by atoms with van der Waals surface area (Å²) in [7, 11) is 0. The zero-order chi connectivity index (χ0) is 16.7. The van der Waals surface area contributed by atoms with E-state index in [0.29, 0.717) is 17.4 Å². The third kappa shape index (κ3) is 4.81. The van der Waals surface area contributed by atoms with Crippen LogP contribution in [0.25, 0.3) is 0 Å². The molecule has 2 nitrogen and oxygen atoms in total. The van der Waals surface area contributed by atoms with Crippen molar-refractivity contribution in [2.24, 2.45) is 5.92 Å². The van der Waals surface area contributed by atoms with Crippen LogP contribution in [0.2, 0.25) is 0 Å². The average Bonchev–Trinajstić information content (AvgIpc) is 3.01. The van der Waals surface area contributed by atoms with Crippen molar-refractivity contribution in [2.75, 3.05) is 19.8 Å². The largest absolute Gasteiger partial charge is 0.380 e. The van der Waals surface area contributed by atoms with Crippen LogP contribution in [-0.4, -0.2) is 25.8 Å². The molecule has 0 spiro atoms. The minimum atomic E-state index is 0.310. The summed E-state index contributed by atoms with van der Waals surface area (Å²) < 4.78 is 5.54. The van der Waals surface area contributed by atoms with Gasteiger partial charge in [0.25, 0.3) is 0 Å². The lowest BCUT2D eigenvalue weighted by molar-refractivity contribution is 0.139. The highest BCUT2D eigenvalue weighted by atomic mass is 16.5. The lowest BCUT2D eigenvalue weighted by Gasteiger charge is -2.40. The fourth-order valence-electron chi connectivity index (χ4n) is 4.16. The number of benzene rings is 1. The van der Waals surface area contributed by atoms with Crippen LogP contribution < -0.4 is 5.32 Å². The molecule has 0 radical (unpaired) electrons. The minimum absolute atomic E-state index is 0.310. The zero-order valence-electron chi connectivity index (χ0n) is 15.5. The van der Waals surface area contributed by atoms with Gasteiger partial charge >= 0.3 is 0 Å². The molecule has 0 aromatic heterocycles. The van der Waals surface area contributed by atoms with Crippen LogP contribution in [0.5, 0.6) is 0 Å². The minimum Gasteiger partial charge on any atom is -0.380 e. The highest BCUT2D eigenvalue weighted by Gasteiger charge is 2.42. The van der Waals surface area contributed by atoms with Crippen LogP contribution in [0.3, 0.4) is 0 Å². The third-order valence-corrected chi connectivity index (χ3v) is 5.34. The maximum Gasteiger partial charge on any atom is 0.0590 e. The fraction of sp³-hybridized carbons (Fsp3) is 0.714. The molecule has 1 aliphatic rings. The topological polar surface area (TPSA) is 21.3 Å². The molecule has 23 heavy (non-hydrogen) atoms. The molecule has 1 aromatic carbocycles. The molecule has 1 fully saturated rings. The van der Waals surface area contributed by atoms with Gasteiger partial charge < -0.3 is 10.1 Å². The van der Waals surface area contributed by atoms with E-state index in [2.05, 4.69) is 57.3 Å². The summed E-state index contributed by atoms with van der Waals surface area (Å²) in [6.07, 6.45) is 6.58. The van der Waals surface area contributed by atoms with E-state index in [1.165, 1.54) is 43.2 Å². The number of nitrogens with one attached hydrogen (secondary N) is 1. The summed E-state index contributed by atoms with van der Waals surface area (Å²) in [5.74, 6) is 0.711. The molecule has 1 atom stereocenters. The highest BCUT2D eigenvalue weighted by molar-refractivity contribution is 5.32. The summed E-state index contributed by atoms with van der Waals surface area (Å²) in [4.78, 5) is 0. The first kappa shape index (κ1) is 18.5. The Kier molecular flexibility index (Phi) is 7.10. The van der Waals surface area contributed by atoms with E-state index in [4.69, 9.17) is 4.74 Å². The Morgan fingerprint density at radius 2 is 1.78 bits per heavy atom. The third-order valence-electron chi connectivity index (χ3n) is 5.34. The van der Waals surface area contributed by atoms with E-state index in [1.807, 2.05) is 0 Å². The van der Waals surface area contributed by atoms with E-state index >= 15 is 0 Å². The second-order valence-electron chi connectivity index (χ2n) is 7.56. The molecule has 0 saturated heterocycles. The van der Waals surface area contributed by atoms with Gasteiger partial charge in [-0.3, -0.25) is 0 Å². The molecule has 130 valence electrons. The molecule has 1 unspecified atom stereocenters. The lowest BCUT2D eigenvalue weighted by Crippen LogP contribution is -2.48. The van der Waals surface area contributed by atoms with Crippen LogP contribution in [0.1, 0.15) is 64.0 Å². The van der Waals surface area contributed by atoms with Crippen LogP contribution in [0.15, 0.2) is 24.3 Å². The Labute approximate surface area is 143 Å². The molecule has 2 heteroatoms.